The predicted octanol–water partition coefficient (Wildman–Crippen LogP) is 2.28. The average molecular weight is 408 g/mol. The SMILES string of the molecule is O=C(Nc1ccccc1I)C1=C(O)C2C=CC=CC2NC1=O. The van der Waals surface area contributed by atoms with Crippen molar-refractivity contribution in [2.45, 2.75) is 6.04 Å². The number of nitrogens with one attached hydrogen (secondary N) is 2. The summed E-state index contributed by atoms with van der Waals surface area (Å²) in [4.78, 5) is 24.5. The van der Waals surface area contributed by atoms with Crippen molar-refractivity contribution in [1.82, 2.24) is 5.32 Å². The minimum Gasteiger partial charge on any atom is -0.511 e. The smallest absolute Gasteiger partial charge is 0.264 e. The molecule has 3 N–H and O–H groups in total. The van der Waals surface area contributed by atoms with Crippen molar-refractivity contribution in [2.75, 3.05) is 5.32 Å². The Labute approximate surface area is 140 Å². The highest BCUT2D eigenvalue weighted by molar-refractivity contribution is 14.1. The second kappa shape index (κ2) is 5.96. The zero-order valence-electron chi connectivity index (χ0n) is 11.4. The number of allylic oxidation sites excluding steroid dienone is 2. The third-order valence-electron chi connectivity index (χ3n) is 3.58. The van der Waals surface area contributed by atoms with Crippen LogP contribution in [0.15, 0.2) is 59.9 Å². The third-order valence-corrected chi connectivity index (χ3v) is 4.52. The van der Waals surface area contributed by atoms with Crippen LogP contribution in [0.3, 0.4) is 0 Å². The molecule has 0 bridgehead atoms. The first-order chi connectivity index (χ1) is 10.6. The van der Waals surface area contributed by atoms with Gasteiger partial charge < -0.3 is 15.7 Å². The van der Waals surface area contributed by atoms with Crippen molar-refractivity contribution < 1.29 is 14.7 Å². The highest BCUT2D eigenvalue weighted by atomic mass is 127. The number of hydrogen-bond donors (Lipinski definition) is 3. The van der Waals surface area contributed by atoms with Gasteiger partial charge in [-0.1, -0.05) is 36.4 Å². The number of para-hydroxylation sites is 1. The molecule has 6 heteroatoms. The van der Waals surface area contributed by atoms with Gasteiger partial charge in [0.1, 0.15) is 11.3 Å². The van der Waals surface area contributed by atoms with E-state index in [2.05, 4.69) is 33.2 Å². The van der Waals surface area contributed by atoms with Crippen LogP contribution < -0.4 is 10.6 Å². The lowest BCUT2D eigenvalue weighted by Gasteiger charge is -2.30. The molecule has 0 aromatic heterocycles. The number of aliphatic hydroxyl groups is 1. The molecule has 5 nitrogen and oxygen atoms in total. The first-order valence-electron chi connectivity index (χ1n) is 6.73. The highest BCUT2D eigenvalue weighted by Gasteiger charge is 2.37. The fourth-order valence-electron chi connectivity index (χ4n) is 2.48. The van der Waals surface area contributed by atoms with Gasteiger partial charge in [-0.2, -0.15) is 0 Å². The van der Waals surface area contributed by atoms with Crippen LogP contribution in [0.4, 0.5) is 5.69 Å². The number of rotatable bonds is 2. The molecule has 2 amide bonds. The van der Waals surface area contributed by atoms with Crippen molar-refractivity contribution in [1.29, 1.82) is 0 Å². The molecule has 0 radical (unpaired) electrons. The van der Waals surface area contributed by atoms with Gasteiger partial charge >= 0.3 is 0 Å². The minimum absolute atomic E-state index is 0.196. The van der Waals surface area contributed by atoms with Crippen LogP contribution >= 0.6 is 22.6 Å². The second-order valence-electron chi connectivity index (χ2n) is 4.99. The molecule has 22 heavy (non-hydrogen) atoms. The fraction of sp³-hybridized carbons (Fsp3) is 0.125. The number of aliphatic hydroxyl groups excluding tert-OH is 1. The number of anilines is 1. The molecule has 0 saturated heterocycles. The molecule has 0 spiro atoms. The number of fused-ring (bicyclic) bond motifs is 1. The highest BCUT2D eigenvalue weighted by Crippen LogP contribution is 2.28. The van der Waals surface area contributed by atoms with Gasteiger partial charge in [0.2, 0.25) is 0 Å². The average Bonchev–Trinajstić information content (AvgIpc) is 2.49. The molecular formula is C16H13IN2O3. The Kier molecular flexibility index (Phi) is 4.02. The van der Waals surface area contributed by atoms with Crippen LogP contribution in [0.25, 0.3) is 0 Å². The Morgan fingerprint density at radius 1 is 1.23 bits per heavy atom. The van der Waals surface area contributed by atoms with E-state index >= 15 is 0 Å². The summed E-state index contributed by atoms with van der Waals surface area (Å²) >= 11 is 2.09. The van der Waals surface area contributed by atoms with E-state index in [0.717, 1.165) is 3.57 Å². The van der Waals surface area contributed by atoms with Crippen LogP contribution in [0.1, 0.15) is 0 Å². The molecule has 1 aliphatic heterocycles. The van der Waals surface area contributed by atoms with Crippen LogP contribution in [-0.2, 0) is 9.59 Å². The molecule has 1 heterocycles. The van der Waals surface area contributed by atoms with Crippen LogP contribution in [-0.4, -0.2) is 23.0 Å². The number of halogens is 1. The molecule has 1 aromatic carbocycles. The summed E-state index contributed by atoms with van der Waals surface area (Å²) in [5.41, 5.74) is 0.364. The molecule has 1 aliphatic carbocycles. The topological polar surface area (TPSA) is 78.4 Å². The summed E-state index contributed by atoms with van der Waals surface area (Å²) in [6.07, 6.45) is 7.13. The Balaban J connectivity index is 1.91. The normalized spacial score (nSPS) is 23.0. The molecule has 0 saturated carbocycles. The van der Waals surface area contributed by atoms with Crippen LogP contribution in [0.5, 0.6) is 0 Å². The Hall–Kier alpha value is -2.09. The first-order valence-corrected chi connectivity index (χ1v) is 7.80. The number of carbonyl (C=O) groups is 2. The Morgan fingerprint density at radius 3 is 2.73 bits per heavy atom. The Morgan fingerprint density at radius 2 is 1.95 bits per heavy atom. The van der Waals surface area contributed by atoms with Crippen LogP contribution in [0, 0.1) is 9.49 Å². The molecule has 3 rings (SSSR count). The molecule has 0 fully saturated rings. The van der Waals surface area contributed by atoms with E-state index in [1.165, 1.54) is 0 Å². The first kappa shape index (κ1) is 14.8. The summed E-state index contributed by atoms with van der Waals surface area (Å²) in [5.74, 6) is -1.78. The summed E-state index contributed by atoms with van der Waals surface area (Å²) in [6.45, 7) is 0. The standard InChI is InChI=1S/C16H13IN2O3/c17-10-6-2-4-8-12(10)19-16(22)13-14(20)9-5-1-3-7-11(9)18-15(13)21/h1-9,11,20H,(H,18,21)(H,19,22). The number of hydrogen-bond acceptors (Lipinski definition) is 3. The molecular weight excluding hydrogens is 395 g/mol. The molecule has 112 valence electrons. The number of benzene rings is 1. The summed E-state index contributed by atoms with van der Waals surface area (Å²) in [5, 5.41) is 15.7. The number of amides is 2. The summed E-state index contributed by atoms with van der Waals surface area (Å²) in [7, 11) is 0. The van der Waals surface area contributed by atoms with Gasteiger partial charge in [0.05, 0.1) is 17.6 Å². The summed E-state index contributed by atoms with van der Waals surface area (Å²) in [6, 6.07) is 6.91. The van der Waals surface area contributed by atoms with Gasteiger partial charge in [-0.25, -0.2) is 0 Å². The van der Waals surface area contributed by atoms with E-state index in [1.807, 2.05) is 12.1 Å². The summed E-state index contributed by atoms with van der Waals surface area (Å²) < 4.78 is 0.850. The van der Waals surface area contributed by atoms with E-state index in [9.17, 15) is 14.7 Å². The fourth-order valence-corrected chi connectivity index (χ4v) is 3.00. The maximum atomic E-state index is 12.4. The van der Waals surface area contributed by atoms with Crippen molar-refractivity contribution in [3.05, 3.63) is 63.5 Å². The lowest BCUT2D eigenvalue weighted by molar-refractivity contribution is -0.123. The number of carbonyl (C=O) groups excluding carboxylic acids is 2. The van der Waals surface area contributed by atoms with E-state index in [1.54, 1.807) is 36.4 Å². The molecule has 1 aromatic rings. The van der Waals surface area contributed by atoms with Gasteiger partial charge in [0, 0.05) is 3.57 Å². The van der Waals surface area contributed by atoms with Crippen molar-refractivity contribution >= 4 is 40.1 Å². The van der Waals surface area contributed by atoms with Crippen LogP contribution in [0.2, 0.25) is 0 Å². The quantitative estimate of drug-likeness (QED) is 0.519. The molecule has 2 unspecified atom stereocenters. The van der Waals surface area contributed by atoms with Gasteiger partial charge in [-0.3, -0.25) is 9.59 Å². The maximum absolute atomic E-state index is 12.4. The van der Waals surface area contributed by atoms with Crippen molar-refractivity contribution in [3.8, 4) is 0 Å². The van der Waals surface area contributed by atoms with E-state index in [4.69, 9.17) is 0 Å². The maximum Gasteiger partial charge on any atom is 0.264 e. The molecule has 2 aliphatic rings. The third kappa shape index (κ3) is 2.66. The lowest BCUT2D eigenvalue weighted by atomic mass is 9.87. The van der Waals surface area contributed by atoms with Crippen molar-refractivity contribution in [3.63, 3.8) is 0 Å². The van der Waals surface area contributed by atoms with Crippen molar-refractivity contribution in [2.24, 2.45) is 5.92 Å². The van der Waals surface area contributed by atoms with Gasteiger partial charge in [-0.05, 0) is 34.7 Å². The van der Waals surface area contributed by atoms with E-state index in [-0.39, 0.29) is 17.4 Å². The lowest BCUT2D eigenvalue weighted by Crippen LogP contribution is -2.47. The van der Waals surface area contributed by atoms with E-state index < -0.39 is 17.7 Å². The van der Waals surface area contributed by atoms with Gasteiger partial charge in [0.25, 0.3) is 11.8 Å². The van der Waals surface area contributed by atoms with E-state index in [0.29, 0.717) is 5.69 Å². The Bertz CT molecular complexity index is 737. The van der Waals surface area contributed by atoms with Gasteiger partial charge in [-0.15, -0.1) is 0 Å². The molecule has 2 atom stereocenters. The van der Waals surface area contributed by atoms with Gasteiger partial charge in [0.15, 0.2) is 0 Å². The zero-order valence-corrected chi connectivity index (χ0v) is 13.6. The minimum atomic E-state index is -0.611. The predicted molar refractivity (Wildman–Crippen MR) is 91.1 cm³/mol. The second-order valence-corrected chi connectivity index (χ2v) is 6.15. The largest absolute Gasteiger partial charge is 0.511 e. The monoisotopic (exact) mass is 408 g/mol. The zero-order chi connectivity index (χ0) is 15.7.